The molecular formula is C29H35F3N4O6S. The molecule has 10 nitrogen and oxygen atoms in total. The maximum atomic E-state index is 13.9. The number of aliphatic hydroxyl groups is 3. The van der Waals surface area contributed by atoms with Crippen molar-refractivity contribution in [3.05, 3.63) is 65.4 Å². The Morgan fingerprint density at radius 1 is 1.23 bits per heavy atom. The van der Waals surface area contributed by atoms with Crippen LogP contribution in [0.25, 0.3) is 11.3 Å². The number of ether oxygens (including phenoxy) is 3. The highest BCUT2D eigenvalue weighted by Crippen LogP contribution is 2.51. The molecule has 5 rings (SSSR count). The van der Waals surface area contributed by atoms with Crippen molar-refractivity contribution in [1.29, 1.82) is 0 Å². The fourth-order valence-electron chi connectivity index (χ4n) is 5.94. The van der Waals surface area contributed by atoms with Gasteiger partial charge in [-0.2, -0.15) is 0 Å². The monoisotopic (exact) mass is 624 g/mol. The number of halogens is 3. The van der Waals surface area contributed by atoms with E-state index in [1.807, 2.05) is 32.9 Å². The van der Waals surface area contributed by atoms with Crippen molar-refractivity contribution in [2.75, 3.05) is 20.3 Å². The Kier molecular flexibility index (Phi) is 9.19. The van der Waals surface area contributed by atoms with Crippen LogP contribution in [0.2, 0.25) is 0 Å². The summed E-state index contributed by atoms with van der Waals surface area (Å²) in [6.07, 6.45) is 0.341. The molecule has 1 unspecified atom stereocenters. The molecule has 0 spiro atoms. The standard InChI is InChI=1S/C29H35F3N4O6S/c1-15-6-5-8-33-22(15)26(29(39)7-9-41-28(2,3)14-29)43-27-25(40-4)23(24(38)20(13-37)42-27)36-12-19(34-35-36)16-10-17(30)21(32)18(31)11-16/h5-6,8,10-12,20,23-27,37-39H,7,9,13-14H2,1-4H3/t20-,23+,24+,25-,26-,27+,29?/m1/s1. The molecule has 0 radical (unpaired) electrons. The molecule has 3 aromatic rings. The van der Waals surface area contributed by atoms with Crippen molar-refractivity contribution in [2.45, 2.75) is 79.9 Å². The van der Waals surface area contributed by atoms with Crippen LogP contribution in [-0.4, -0.2) is 90.6 Å². The van der Waals surface area contributed by atoms with E-state index in [1.165, 1.54) is 29.8 Å². The largest absolute Gasteiger partial charge is 0.394 e. The summed E-state index contributed by atoms with van der Waals surface area (Å²) in [5.41, 5.74) is -1.24. The minimum atomic E-state index is -1.60. The Hall–Kier alpha value is -2.59. The fraction of sp³-hybridized carbons (Fsp3) is 0.552. The Labute approximate surface area is 251 Å². The molecule has 2 saturated heterocycles. The molecule has 2 aliphatic rings. The zero-order chi connectivity index (χ0) is 31.1. The second kappa shape index (κ2) is 12.4. The number of pyridine rings is 1. The maximum absolute atomic E-state index is 13.9. The van der Waals surface area contributed by atoms with E-state index in [9.17, 15) is 28.5 Å². The fourth-order valence-corrected chi connectivity index (χ4v) is 7.67. The van der Waals surface area contributed by atoms with Gasteiger partial charge < -0.3 is 29.5 Å². The van der Waals surface area contributed by atoms with E-state index >= 15 is 0 Å². The van der Waals surface area contributed by atoms with Gasteiger partial charge in [-0.15, -0.1) is 16.9 Å². The molecule has 1 aromatic carbocycles. The van der Waals surface area contributed by atoms with Crippen molar-refractivity contribution in [3.63, 3.8) is 0 Å². The Morgan fingerprint density at radius 3 is 2.58 bits per heavy atom. The molecule has 0 saturated carbocycles. The summed E-state index contributed by atoms with van der Waals surface area (Å²) >= 11 is 1.26. The van der Waals surface area contributed by atoms with Crippen molar-refractivity contribution >= 4 is 11.8 Å². The highest BCUT2D eigenvalue weighted by atomic mass is 32.2. The lowest BCUT2D eigenvalue weighted by atomic mass is 9.80. The van der Waals surface area contributed by atoms with Crippen molar-refractivity contribution in [1.82, 2.24) is 20.0 Å². The first-order valence-corrected chi connectivity index (χ1v) is 14.8. The van der Waals surface area contributed by atoms with Crippen LogP contribution in [0.1, 0.15) is 49.2 Å². The minimum Gasteiger partial charge on any atom is -0.394 e. The lowest BCUT2D eigenvalue weighted by molar-refractivity contribution is -0.187. The summed E-state index contributed by atoms with van der Waals surface area (Å²) in [5, 5.41) is 41.0. The lowest BCUT2D eigenvalue weighted by Gasteiger charge is -2.48. The normalized spacial score (nSPS) is 29.9. The smallest absolute Gasteiger partial charge is 0.194 e. The SMILES string of the molecule is CO[C@@H]1[C@@H](n2cc(-c3cc(F)c(F)c(F)c3)nn2)[C@@H](O)[C@@H](CO)O[C@H]1S[C@H](c1ncccc1C)C1(O)CCOC(C)(C)C1. The highest BCUT2D eigenvalue weighted by molar-refractivity contribution is 8.00. The molecule has 4 heterocycles. The average Bonchev–Trinajstić information content (AvgIpc) is 3.44. The van der Waals surface area contributed by atoms with E-state index in [0.717, 1.165) is 17.7 Å². The van der Waals surface area contributed by atoms with E-state index < -0.39 is 70.3 Å². The molecule has 0 amide bonds. The van der Waals surface area contributed by atoms with Gasteiger partial charge in [0, 0.05) is 31.7 Å². The van der Waals surface area contributed by atoms with Crippen LogP contribution in [0.15, 0.2) is 36.7 Å². The zero-order valence-corrected chi connectivity index (χ0v) is 25.0. The van der Waals surface area contributed by atoms with Crippen LogP contribution in [-0.2, 0) is 14.2 Å². The van der Waals surface area contributed by atoms with Crippen LogP contribution in [0.4, 0.5) is 13.2 Å². The quantitative estimate of drug-likeness (QED) is 0.320. The molecule has 0 bridgehead atoms. The van der Waals surface area contributed by atoms with Crippen LogP contribution >= 0.6 is 11.8 Å². The Balaban J connectivity index is 1.52. The molecule has 43 heavy (non-hydrogen) atoms. The van der Waals surface area contributed by atoms with Crippen molar-refractivity contribution in [2.24, 2.45) is 0 Å². The molecule has 3 N–H and O–H groups in total. The Morgan fingerprint density at radius 2 is 1.95 bits per heavy atom. The van der Waals surface area contributed by atoms with Crippen LogP contribution in [0, 0.1) is 24.4 Å². The van der Waals surface area contributed by atoms with E-state index in [4.69, 9.17) is 14.2 Å². The average molecular weight is 625 g/mol. The van der Waals surface area contributed by atoms with Gasteiger partial charge in [-0.1, -0.05) is 11.3 Å². The number of nitrogens with zero attached hydrogens (tertiary/aromatic N) is 4. The van der Waals surface area contributed by atoms with Gasteiger partial charge in [0.2, 0.25) is 0 Å². The highest BCUT2D eigenvalue weighted by Gasteiger charge is 2.52. The molecule has 0 aliphatic carbocycles. The molecule has 2 fully saturated rings. The number of thioether (sulfide) groups is 1. The predicted octanol–water partition coefficient (Wildman–Crippen LogP) is 3.49. The van der Waals surface area contributed by atoms with Gasteiger partial charge in [0.05, 0.1) is 41.6 Å². The number of aliphatic hydroxyl groups excluding tert-OH is 2. The maximum Gasteiger partial charge on any atom is 0.194 e. The molecule has 14 heteroatoms. The summed E-state index contributed by atoms with van der Waals surface area (Å²) in [6.45, 7) is 5.52. The summed E-state index contributed by atoms with van der Waals surface area (Å²) < 4.78 is 60.6. The molecule has 2 aromatic heterocycles. The molecule has 234 valence electrons. The Bertz CT molecular complexity index is 1420. The summed E-state index contributed by atoms with van der Waals surface area (Å²) in [5.74, 6) is -4.37. The summed E-state index contributed by atoms with van der Waals surface area (Å²) in [4.78, 5) is 4.62. The molecule has 7 atom stereocenters. The zero-order valence-electron chi connectivity index (χ0n) is 24.2. The topological polar surface area (TPSA) is 132 Å². The molecular weight excluding hydrogens is 589 g/mol. The van der Waals surface area contributed by atoms with Crippen LogP contribution < -0.4 is 0 Å². The van der Waals surface area contributed by atoms with Gasteiger partial charge in [0.15, 0.2) is 17.5 Å². The van der Waals surface area contributed by atoms with Crippen molar-refractivity contribution in [3.8, 4) is 11.3 Å². The third-order valence-electron chi connectivity index (χ3n) is 8.01. The van der Waals surface area contributed by atoms with Gasteiger partial charge in [0.1, 0.15) is 35.5 Å². The van der Waals surface area contributed by atoms with Crippen molar-refractivity contribution < 1.29 is 42.7 Å². The summed E-state index contributed by atoms with van der Waals surface area (Å²) in [7, 11) is 1.43. The van der Waals surface area contributed by atoms with Gasteiger partial charge in [-0.05, 0) is 44.5 Å². The number of benzene rings is 1. The van der Waals surface area contributed by atoms with Crippen LogP contribution in [0.5, 0.6) is 0 Å². The van der Waals surface area contributed by atoms with Gasteiger partial charge in [0.25, 0.3) is 0 Å². The minimum absolute atomic E-state index is 0.0248. The first kappa shape index (κ1) is 31.8. The van der Waals surface area contributed by atoms with E-state index in [1.54, 1.807) is 6.20 Å². The first-order chi connectivity index (χ1) is 20.4. The number of rotatable bonds is 8. The van der Waals surface area contributed by atoms with Gasteiger partial charge in [-0.3, -0.25) is 4.98 Å². The number of hydrogen-bond acceptors (Lipinski definition) is 10. The van der Waals surface area contributed by atoms with E-state index in [2.05, 4.69) is 15.3 Å². The third-order valence-corrected chi connectivity index (χ3v) is 9.59. The third kappa shape index (κ3) is 6.32. The second-order valence-corrected chi connectivity index (χ2v) is 12.8. The molecule has 2 aliphatic heterocycles. The van der Waals surface area contributed by atoms with Crippen LogP contribution in [0.3, 0.4) is 0 Å². The number of aromatic nitrogens is 4. The van der Waals surface area contributed by atoms with Gasteiger partial charge >= 0.3 is 0 Å². The van der Waals surface area contributed by atoms with Gasteiger partial charge in [-0.25, -0.2) is 17.9 Å². The van der Waals surface area contributed by atoms with E-state index in [0.29, 0.717) is 25.1 Å². The number of hydrogen-bond donors (Lipinski definition) is 3. The lowest BCUT2D eigenvalue weighted by Crippen LogP contribution is -2.56. The number of aryl methyl sites for hydroxylation is 1. The number of methoxy groups -OCH3 is 1. The predicted molar refractivity (Wildman–Crippen MR) is 150 cm³/mol. The van der Waals surface area contributed by atoms with E-state index in [-0.39, 0.29) is 11.3 Å². The first-order valence-electron chi connectivity index (χ1n) is 13.8. The second-order valence-electron chi connectivity index (χ2n) is 11.6. The summed E-state index contributed by atoms with van der Waals surface area (Å²) in [6, 6.07) is 4.33.